The molecule has 0 heterocycles. The predicted molar refractivity (Wildman–Crippen MR) is 86.6 cm³/mol. The highest BCUT2D eigenvalue weighted by Gasteiger charge is 2.30. The van der Waals surface area contributed by atoms with Gasteiger partial charge < -0.3 is 30.0 Å². The number of hydrogen-bond acceptors (Lipinski definition) is 6. The van der Waals surface area contributed by atoms with Gasteiger partial charge in [0.2, 0.25) is 0 Å². The molecule has 0 aromatic heterocycles. The lowest BCUT2D eigenvalue weighted by Crippen LogP contribution is -2.42. The Kier molecular flexibility index (Phi) is 13.5. The summed E-state index contributed by atoms with van der Waals surface area (Å²) in [4.78, 5) is 22.1. The number of aliphatic carboxylic acids is 2. The van der Waals surface area contributed by atoms with Gasteiger partial charge in [0.05, 0.1) is 0 Å². The average Bonchev–Trinajstić information content (AvgIpc) is 2.53. The highest BCUT2D eigenvalue weighted by atomic mass is 16.4. The van der Waals surface area contributed by atoms with Gasteiger partial charge in [-0.05, 0) is 44.9 Å². The zero-order chi connectivity index (χ0) is 18.3. The van der Waals surface area contributed by atoms with Crippen LogP contribution >= 0.6 is 0 Å². The molecule has 24 heavy (non-hydrogen) atoms. The maximum absolute atomic E-state index is 11.7. The number of carbonyl (C=O) groups excluding carboxylic acids is 2. The molecule has 0 spiro atoms. The summed E-state index contributed by atoms with van der Waals surface area (Å²) in [5, 5.41) is 39.9. The zero-order valence-electron chi connectivity index (χ0n) is 14.6. The zero-order valence-corrected chi connectivity index (χ0v) is 14.6. The lowest BCUT2D eigenvalue weighted by Gasteiger charge is -2.35. The Morgan fingerprint density at radius 2 is 1.08 bits per heavy atom. The van der Waals surface area contributed by atoms with Crippen LogP contribution < -0.4 is 10.2 Å². The summed E-state index contributed by atoms with van der Waals surface area (Å²) < 4.78 is 0. The molecule has 0 fully saturated rings. The van der Waals surface area contributed by atoms with E-state index in [0.717, 1.165) is 25.7 Å². The third kappa shape index (κ3) is 10.6. The van der Waals surface area contributed by atoms with Crippen LogP contribution in [0.4, 0.5) is 0 Å². The fourth-order valence-corrected chi connectivity index (χ4v) is 3.09. The highest BCUT2D eigenvalue weighted by molar-refractivity contribution is 5.72. The van der Waals surface area contributed by atoms with Gasteiger partial charge in [-0.25, -0.2) is 0 Å². The molecule has 0 aromatic carbocycles. The molecule has 142 valence electrons. The van der Waals surface area contributed by atoms with Crippen LogP contribution in [0.1, 0.15) is 83.5 Å². The van der Waals surface area contributed by atoms with Gasteiger partial charge in [-0.1, -0.05) is 38.5 Å². The molecule has 6 heteroatoms. The fourth-order valence-electron chi connectivity index (χ4n) is 3.09. The monoisotopic (exact) mass is 344 g/mol. The van der Waals surface area contributed by atoms with E-state index in [1.165, 1.54) is 0 Å². The Balaban J connectivity index is 4.33. The predicted octanol–water partition coefficient (Wildman–Crippen LogP) is 0.528. The van der Waals surface area contributed by atoms with Crippen LogP contribution in [-0.4, -0.2) is 35.4 Å². The number of carboxylic acids is 2. The maximum Gasteiger partial charge on any atom is 0.0476 e. The van der Waals surface area contributed by atoms with Crippen LogP contribution in [0.25, 0.3) is 0 Å². The van der Waals surface area contributed by atoms with Crippen LogP contribution in [0.3, 0.4) is 0 Å². The summed E-state index contributed by atoms with van der Waals surface area (Å²) >= 11 is 0. The van der Waals surface area contributed by atoms with E-state index in [4.69, 9.17) is 10.2 Å². The second-order valence-electron chi connectivity index (χ2n) is 6.57. The van der Waals surface area contributed by atoms with Crippen LogP contribution in [0, 0.1) is 5.41 Å². The van der Waals surface area contributed by atoms with Gasteiger partial charge in [0.1, 0.15) is 0 Å². The third-order valence-corrected chi connectivity index (χ3v) is 4.60. The molecule has 0 aliphatic carbocycles. The summed E-state index contributed by atoms with van der Waals surface area (Å²) in [7, 11) is 0. The second-order valence-corrected chi connectivity index (χ2v) is 6.57. The van der Waals surface area contributed by atoms with E-state index in [9.17, 15) is 19.8 Å². The number of unbranched alkanes of at least 4 members (excludes halogenated alkanes) is 6. The van der Waals surface area contributed by atoms with E-state index in [1.807, 2.05) is 0 Å². The minimum absolute atomic E-state index is 0.0538. The van der Waals surface area contributed by atoms with E-state index in [0.29, 0.717) is 51.4 Å². The van der Waals surface area contributed by atoms with E-state index < -0.39 is 17.4 Å². The number of aliphatic hydroxyl groups excluding tert-OH is 2. The molecule has 0 unspecified atom stereocenters. The molecule has 0 aromatic rings. The first-order chi connectivity index (χ1) is 11.5. The number of aliphatic hydroxyl groups is 2. The van der Waals surface area contributed by atoms with Gasteiger partial charge in [-0.15, -0.1) is 0 Å². The Morgan fingerprint density at radius 1 is 0.667 bits per heavy atom. The average molecular weight is 344 g/mol. The first-order valence-corrected chi connectivity index (χ1v) is 9.11. The molecule has 0 saturated carbocycles. The fraction of sp³-hybridized carbons (Fsp3) is 0.889. The SMILES string of the molecule is O=C([O-])CCCCCCCC(CCCCO)(CCCCO)C(=O)[O-]. The summed E-state index contributed by atoms with van der Waals surface area (Å²) in [6.45, 7) is 0.108. The molecule has 0 aliphatic heterocycles. The van der Waals surface area contributed by atoms with Crippen LogP contribution in [0.5, 0.6) is 0 Å². The van der Waals surface area contributed by atoms with Crippen molar-refractivity contribution in [3.63, 3.8) is 0 Å². The lowest BCUT2D eigenvalue weighted by atomic mass is 9.74. The van der Waals surface area contributed by atoms with Crippen molar-refractivity contribution in [2.24, 2.45) is 5.41 Å². The largest absolute Gasteiger partial charge is 0.550 e. The Hall–Kier alpha value is -1.14. The van der Waals surface area contributed by atoms with E-state index in [2.05, 4.69) is 0 Å². The van der Waals surface area contributed by atoms with Crippen molar-refractivity contribution in [2.45, 2.75) is 83.5 Å². The smallest absolute Gasteiger partial charge is 0.0476 e. The first kappa shape index (κ1) is 22.9. The Bertz CT molecular complexity index is 332. The van der Waals surface area contributed by atoms with Gasteiger partial charge in [-0.3, -0.25) is 0 Å². The van der Waals surface area contributed by atoms with Gasteiger partial charge in [-0.2, -0.15) is 0 Å². The summed E-state index contributed by atoms with van der Waals surface area (Å²) in [5.41, 5.74) is -0.880. The van der Waals surface area contributed by atoms with Gasteiger partial charge >= 0.3 is 0 Å². The number of rotatable bonds is 17. The van der Waals surface area contributed by atoms with Crippen molar-refractivity contribution in [1.82, 2.24) is 0 Å². The van der Waals surface area contributed by atoms with E-state index >= 15 is 0 Å². The number of carboxylic acid groups (broad SMARTS) is 2. The van der Waals surface area contributed by atoms with Crippen molar-refractivity contribution in [1.29, 1.82) is 0 Å². The minimum atomic E-state index is -1.03. The molecule has 0 saturated heterocycles. The lowest BCUT2D eigenvalue weighted by molar-refractivity contribution is -0.321. The molecular formula is C18H32O6-2. The maximum atomic E-state index is 11.7. The minimum Gasteiger partial charge on any atom is -0.550 e. The van der Waals surface area contributed by atoms with Gasteiger partial charge in [0.25, 0.3) is 0 Å². The third-order valence-electron chi connectivity index (χ3n) is 4.60. The summed E-state index contributed by atoms with van der Waals surface area (Å²) in [5.74, 6) is -2.06. The molecule has 0 aliphatic rings. The first-order valence-electron chi connectivity index (χ1n) is 9.11. The van der Waals surface area contributed by atoms with Gasteiger partial charge in [0.15, 0.2) is 0 Å². The molecule has 0 rings (SSSR count). The highest BCUT2D eigenvalue weighted by Crippen LogP contribution is 2.36. The normalized spacial score (nSPS) is 11.6. The van der Waals surface area contributed by atoms with Crippen molar-refractivity contribution in [2.75, 3.05) is 13.2 Å². The standard InChI is InChI=1S/C18H34O6/c19-14-8-6-12-18(17(23)24,13-7-9-15-20)11-5-3-1-2-4-10-16(21)22/h19-20H,1-15H2,(H,21,22)(H,23,24)/p-2. The van der Waals surface area contributed by atoms with Crippen molar-refractivity contribution in [3.8, 4) is 0 Å². The second kappa shape index (κ2) is 14.2. The number of carbonyl (C=O) groups is 2. The van der Waals surface area contributed by atoms with Crippen molar-refractivity contribution < 1.29 is 30.0 Å². The topological polar surface area (TPSA) is 121 Å². The van der Waals surface area contributed by atoms with Crippen LogP contribution in [-0.2, 0) is 9.59 Å². The summed E-state index contributed by atoms with van der Waals surface area (Å²) in [6, 6.07) is 0. The quantitative estimate of drug-likeness (QED) is 0.371. The van der Waals surface area contributed by atoms with Crippen LogP contribution in [0.2, 0.25) is 0 Å². The summed E-state index contributed by atoms with van der Waals surface area (Å²) in [6.07, 6.45) is 7.96. The number of hydrogen-bond donors (Lipinski definition) is 2. The van der Waals surface area contributed by atoms with Crippen molar-refractivity contribution in [3.05, 3.63) is 0 Å². The molecule has 2 N–H and O–H groups in total. The van der Waals surface area contributed by atoms with Crippen molar-refractivity contribution >= 4 is 11.9 Å². The van der Waals surface area contributed by atoms with Crippen LogP contribution in [0.15, 0.2) is 0 Å². The molecule has 6 nitrogen and oxygen atoms in total. The van der Waals surface area contributed by atoms with E-state index in [1.54, 1.807) is 0 Å². The molecular weight excluding hydrogens is 312 g/mol. The molecule has 0 bridgehead atoms. The molecule has 0 radical (unpaired) electrons. The van der Waals surface area contributed by atoms with E-state index in [-0.39, 0.29) is 19.6 Å². The van der Waals surface area contributed by atoms with Gasteiger partial charge in [0, 0.05) is 30.6 Å². The molecule has 0 atom stereocenters. The molecule has 0 amide bonds. The Morgan fingerprint density at radius 3 is 1.50 bits per heavy atom. The Labute approximate surface area is 144 Å².